The molecule has 0 aliphatic carbocycles. The zero-order valence-corrected chi connectivity index (χ0v) is 28.4. The SMILES string of the molecule is CCCCCOC(=O)C[C@H](N[P@@](=O)(OC[C@H]1O[C@@](C#N)(c2ccc3c(N)ncnn23)[C@H](O)[C@@H]1O)Oc1ccccc1)C(=O)OCCCCC. The fourth-order valence-electron chi connectivity index (χ4n) is 5.19. The maximum absolute atomic E-state index is 14.4. The predicted molar refractivity (Wildman–Crippen MR) is 175 cm³/mol. The van der Waals surface area contributed by atoms with Crippen molar-refractivity contribution < 1.29 is 47.6 Å². The van der Waals surface area contributed by atoms with Gasteiger partial charge in [-0.2, -0.15) is 15.4 Å². The Morgan fingerprint density at radius 1 is 1.10 bits per heavy atom. The molecule has 6 atom stereocenters. The van der Waals surface area contributed by atoms with E-state index in [0.717, 1.165) is 32.0 Å². The van der Waals surface area contributed by atoms with E-state index < -0.39 is 62.7 Å². The number of hydrogen-bond acceptors (Lipinski definition) is 14. The maximum Gasteiger partial charge on any atom is 0.459 e. The van der Waals surface area contributed by atoms with Crippen molar-refractivity contribution in [3.05, 3.63) is 54.5 Å². The third-order valence-electron chi connectivity index (χ3n) is 7.84. The van der Waals surface area contributed by atoms with Gasteiger partial charge < -0.3 is 34.7 Å². The lowest BCUT2D eigenvalue weighted by Crippen LogP contribution is -2.41. The molecular weight excluding hydrogens is 659 g/mol. The Kier molecular flexibility index (Phi) is 13.5. The van der Waals surface area contributed by atoms with Crippen LogP contribution >= 0.6 is 7.75 Å². The summed E-state index contributed by atoms with van der Waals surface area (Å²) in [5, 5.41) is 39.0. The lowest BCUT2D eigenvalue weighted by molar-refractivity contribution is -0.152. The number of nitrogens with zero attached hydrogens (tertiary/aromatic N) is 4. The van der Waals surface area contributed by atoms with Gasteiger partial charge in [-0.15, -0.1) is 0 Å². The van der Waals surface area contributed by atoms with Crippen LogP contribution in [-0.2, 0) is 38.5 Å². The quantitative estimate of drug-likeness (QED) is 0.0799. The third-order valence-corrected chi connectivity index (χ3v) is 9.40. The summed E-state index contributed by atoms with van der Waals surface area (Å²) in [5.74, 6) is -1.41. The molecule has 0 radical (unpaired) electrons. The van der Waals surface area contributed by atoms with Crippen LogP contribution in [0.3, 0.4) is 0 Å². The molecule has 0 saturated carbocycles. The lowest BCUT2D eigenvalue weighted by atomic mass is 9.92. The summed E-state index contributed by atoms with van der Waals surface area (Å²) < 4.78 is 43.7. The summed E-state index contributed by atoms with van der Waals surface area (Å²) in [6.45, 7) is 3.52. The molecule has 1 fully saturated rings. The van der Waals surface area contributed by atoms with E-state index in [1.807, 2.05) is 19.9 Å². The van der Waals surface area contributed by atoms with Gasteiger partial charge in [-0.1, -0.05) is 57.7 Å². The molecule has 5 N–H and O–H groups in total. The van der Waals surface area contributed by atoms with Crippen molar-refractivity contribution in [3.8, 4) is 11.8 Å². The number of aliphatic hydroxyl groups excluding tert-OH is 2. The van der Waals surface area contributed by atoms with Gasteiger partial charge in [0, 0.05) is 0 Å². The first-order chi connectivity index (χ1) is 23.6. The van der Waals surface area contributed by atoms with E-state index in [4.69, 9.17) is 29.0 Å². The van der Waals surface area contributed by atoms with Crippen LogP contribution in [0, 0.1) is 11.3 Å². The summed E-state index contributed by atoms with van der Waals surface area (Å²) in [6.07, 6.45) is 0.335. The van der Waals surface area contributed by atoms with Crippen LogP contribution in [0.1, 0.15) is 64.5 Å². The van der Waals surface area contributed by atoms with Crippen molar-refractivity contribution >= 4 is 31.0 Å². The van der Waals surface area contributed by atoms with Crippen molar-refractivity contribution in [1.82, 2.24) is 19.7 Å². The number of esters is 2. The highest BCUT2D eigenvalue weighted by Gasteiger charge is 2.58. The number of nitrogens with one attached hydrogen (secondary N) is 1. The van der Waals surface area contributed by atoms with Crippen molar-refractivity contribution in [2.45, 2.75) is 88.7 Å². The van der Waals surface area contributed by atoms with E-state index in [9.17, 15) is 29.6 Å². The van der Waals surface area contributed by atoms with Crippen LogP contribution in [0.25, 0.3) is 5.52 Å². The fraction of sp³-hybridized carbons (Fsp3) is 0.531. The number of ether oxygens (including phenoxy) is 3. The molecule has 1 saturated heterocycles. The van der Waals surface area contributed by atoms with Gasteiger partial charge in [-0.25, -0.2) is 14.1 Å². The largest absolute Gasteiger partial charge is 0.466 e. The number of hydrogen-bond donors (Lipinski definition) is 4. The molecule has 17 heteroatoms. The van der Waals surface area contributed by atoms with Gasteiger partial charge in [0.1, 0.15) is 48.0 Å². The second-order valence-electron chi connectivity index (χ2n) is 11.5. The summed E-state index contributed by atoms with van der Waals surface area (Å²) in [4.78, 5) is 29.9. The molecule has 1 aliphatic rings. The van der Waals surface area contributed by atoms with Crippen LogP contribution in [-0.4, -0.2) is 80.9 Å². The first kappa shape index (κ1) is 37.7. The zero-order valence-electron chi connectivity index (χ0n) is 27.5. The molecule has 49 heavy (non-hydrogen) atoms. The number of fused-ring (bicyclic) bond motifs is 1. The number of nitrogens with two attached hydrogens (primary N) is 1. The third kappa shape index (κ3) is 9.33. The zero-order chi connectivity index (χ0) is 35.4. The maximum atomic E-state index is 14.4. The topological polar surface area (TPSA) is 230 Å². The Bertz CT molecular complexity index is 1640. The fourth-order valence-corrected chi connectivity index (χ4v) is 6.69. The number of benzene rings is 1. The number of para-hydroxylation sites is 1. The second-order valence-corrected chi connectivity index (χ2v) is 13.2. The number of aliphatic hydroxyl groups is 2. The van der Waals surface area contributed by atoms with Gasteiger partial charge in [0.05, 0.1) is 31.9 Å². The minimum Gasteiger partial charge on any atom is -0.466 e. The van der Waals surface area contributed by atoms with E-state index in [-0.39, 0.29) is 30.5 Å². The van der Waals surface area contributed by atoms with Crippen molar-refractivity contribution in [1.29, 1.82) is 5.26 Å². The predicted octanol–water partition coefficient (Wildman–Crippen LogP) is 3.17. The number of nitrogen functional groups attached to an aromatic ring is 1. The number of anilines is 1. The Balaban J connectivity index is 1.57. The van der Waals surface area contributed by atoms with E-state index in [1.165, 1.54) is 28.8 Å². The van der Waals surface area contributed by atoms with E-state index in [2.05, 4.69) is 15.2 Å². The normalized spacial score (nSPS) is 22.2. The van der Waals surface area contributed by atoms with Gasteiger partial charge in [-0.05, 0) is 37.1 Å². The van der Waals surface area contributed by atoms with Gasteiger partial charge in [0.15, 0.2) is 5.82 Å². The van der Waals surface area contributed by atoms with Crippen molar-refractivity contribution in [3.63, 3.8) is 0 Å². The number of carbonyl (C=O) groups excluding carboxylic acids is 2. The molecule has 16 nitrogen and oxygen atoms in total. The first-order valence-electron chi connectivity index (χ1n) is 16.2. The average Bonchev–Trinajstić information content (AvgIpc) is 3.64. The molecule has 3 heterocycles. The molecule has 1 aromatic carbocycles. The average molecular weight is 703 g/mol. The first-order valence-corrected chi connectivity index (χ1v) is 17.7. The molecule has 0 bridgehead atoms. The number of aromatic nitrogens is 3. The minimum absolute atomic E-state index is 0.0540. The second kappa shape index (κ2) is 17.5. The number of nitriles is 1. The molecule has 2 aromatic heterocycles. The molecule has 0 amide bonds. The van der Waals surface area contributed by atoms with Crippen LogP contribution in [0.5, 0.6) is 5.75 Å². The van der Waals surface area contributed by atoms with Crippen LogP contribution in [0.15, 0.2) is 48.8 Å². The van der Waals surface area contributed by atoms with Gasteiger partial charge in [0.25, 0.3) is 0 Å². The molecule has 1 aliphatic heterocycles. The highest BCUT2D eigenvalue weighted by molar-refractivity contribution is 7.52. The van der Waals surface area contributed by atoms with Gasteiger partial charge >= 0.3 is 19.7 Å². The summed E-state index contributed by atoms with van der Waals surface area (Å²) >= 11 is 0. The number of carbonyl (C=O) groups is 2. The molecule has 4 rings (SSSR count). The van der Waals surface area contributed by atoms with Gasteiger partial charge in [0.2, 0.25) is 5.60 Å². The molecule has 0 spiro atoms. The lowest BCUT2D eigenvalue weighted by Gasteiger charge is -2.26. The van der Waals surface area contributed by atoms with Crippen molar-refractivity contribution in [2.24, 2.45) is 0 Å². The van der Waals surface area contributed by atoms with Crippen LogP contribution in [0.4, 0.5) is 5.82 Å². The standard InChI is InChI=1S/C32H43N6O10P/c1-3-5-10-16-44-27(39)18-23(31(42)45-17-11-6-4-2)37-49(43,48-22-12-8-7-9-13-22)46-19-25-28(40)29(41)32(20-33,47-25)26-15-14-24-30(34)35-21-36-38(24)26/h7-9,12-15,21,23,25,28-29,40-41H,3-6,10-11,16-19H2,1-2H3,(H,37,43)(H2,34,35,36)/t23-,25+,28+,29+,32-,49+/m0/s1. The Hall–Kier alpha value is -4.10. The Morgan fingerprint density at radius 3 is 2.47 bits per heavy atom. The van der Waals surface area contributed by atoms with Gasteiger partial charge in [-0.3, -0.25) is 14.1 Å². The highest BCUT2D eigenvalue weighted by atomic mass is 31.2. The van der Waals surface area contributed by atoms with Crippen molar-refractivity contribution in [2.75, 3.05) is 25.6 Å². The number of rotatable bonds is 19. The monoisotopic (exact) mass is 702 g/mol. The molecular formula is C32H43N6O10P. The Labute approximate surface area is 284 Å². The van der Waals surface area contributed by atoms with E-state index in [0.29, 0.717) is 18.4 Å². The van der Waals surface area contributed by atoms with E-state index >= 15 is 0 Å². The summed E-state index contributed by atoms with van der Waals surface area (Å²) in [6, 6.07) is 11.3. The van der Waals surface area contributed by atoms with Crippen LogP contribution in [0.2, 0.25) is 0 Å². The van der Waals surface area contributed by atoms with Crippen LogP contribution < -0.4 is 15.3 Å². The summed E-state index contributed by atoms with van der Waals surface area (Å²) in [7, 11) is -4.60. The minimum atomic E-state index is -4.60. The summed E-state index contributed by atoms with van der Waals surface area (Å²) in [5.41, 5.74) is 4.16. The molecule has 266 valence electrons. The number of unbranched alkanes of at least 4 members (excludes halogenated alkanes) is 4. The highest BCUT2D eigenvalue weighted by Crippen LogP contribution is 2.47. The molecule has 0 unspecified atom stereocenters. The smallest absolute Gasteiger partial charge is 0.459 e. The molecule has 3 aromatic rings. The Morgan fingerprint density at radius 2 is 1.80 bits per heavy atom. The van der Waals surface area contributed by atoms with E-state index in [1.54, 1.807) is 18.2 Å².